The SMILES string of the molecule is CCOc1cc(NC(=O)C2(NC(=O)c3ccc4c(C5CCCC5)c(-c5ccccn5)n(C)c4c3)CCC2)ccc1/C=C(\F)C(=O)O. The van der Waals surface area contributed by atoms with Gasteiger partial charge in [0.25, 0.3) is 5.91 Å². The Morgan fingerprint density at radius 1 is 1.09 bits per heavy atom. The lowest BCUT2D eigenvalue weighted by Gasteiger charge is -2.40. The van der Waals surface area contributed by atoms with Gasteiger partial charge in [-0.2, -0.15) is 4.39 Å². The number of aryl methyl sites for hydroxylation is 1. The van der Waals surface area contributed by atoms with Crippen LogP contribution in [0.3, 0.4) is 0 Å². The number of pyridine rings is 1. The van der Waals surface area contributed by atoms with Crippen molar-refractivity contribution in [2.24, 2.45) is 7.05 Å². The molecule has 4 aromatic rings. The number of halogens is 1. The molecule has 0 spiro atoms. The zero-order valence-corrected chi connectivity index (χ0v) is 25.9. The number of benzene rings is 2. The number of hydrogen-bond donors (Lipinski definition) is 3. The average Bonchev–Trinajstić information content (AvgIpc) is 3.66. The highest BCUT2D eigenvalue weighted by molar-refractivity contribution is 6.06. The van der Waals surface area contributed by atoms with E-state index in [0.717, 1.165) is 47.6 Å². The minimum Gasteiger partial charge on any atom is -0.493 e. The first-order valence-corrected chi connectivity index (χ1v) is 15.8. The van der Waals surface area contributed by atoms with Crippen molar-refractivity contribution in [2.75, 3.05) is 11.9 Å². The summed E-state index contributed by atoms with van der Waals surface area (Å²) in [7, 11) is 2.01. The molecule has 2 saturated carbocycles. The number of carbonyl (C=O) groups is 3. The summed E-state index contributed by atoms with van der Waals surface area (Å²) < 4.78 is 21.5. The Kier molecular flexibility index (Phi) is 8.62. The average molecular weight is 625 g/mol. The molecule has 9 nitrogen and oxygen atoms in total. The Labute approximate surface area is 266 Å². The van der Waals surface area contributed by atoms with Gasteiger partial charge in [-0.15, -0.1) is 0 Å². The number of hydrogen-bond acceptors (Lipinski definition) is 5. The van der Waals surface area contributed by atoms with Gasteiger partial charge in [0, 0.05) is 47.0 Å². The smallest absolute Gasteiger partial charge is 0.364 e. The molecule has 0 atom stereocenters. The van der Waals surface area contributed by atoms with Crippen LogP contribution in [-0.2, 0) is 16.6 Å². The van der Waals surface area contributed by atoms with Crippen LogP contribution in [-0.4, -0.2) is 44.6 Å². The molecule has 2 aromatic carbocycles. The third-order valence-corrected chi connectivity index (χ3v) is 9.23. The lowest BCUT2D eigenvalue weighted by Crippen LogP contribution is -2.61. The van der Waals surface area contributed by atoms with Crippen LogP contribution >= 0.6 is 0 Å². The van der Waals surface area contributed by atoms with Crippen molar-refractivity contribution in [3.8, 4) is 17.1 Å². The number of carboxylic acid groups (broad SMARTS) is 1. The van der Waals surface area contributed by atoms with Crippen LogP contribution in [0.15, 0.2) is 66.6 Å². The lowest BCUT2D eigenvalue weighted by atomic mass is 9.75. The predicted molar refractivity (Wildman–Crippen MR) is 174 cm³/mol. The Morgan fingerprint density at radius 3 is 2.52 bits per heavy atom. The van der Waals surface area contributed by atoms with Crippen molar-refractivity contribution in [2.45, 2.75) is 63.3 Å². The van der Waals surface area contributed by atoms with Gasteiger partial charge < -0.3 is 25.0 Å². The maximum Gasteiger partial charge on any atom is 0.364 e. The maximum atomic E-state index is 13.8. The number of carbonyl (C=O) groups excluding carboxylic acids is 2. The molecule has 3 N–H and O–H groups in total. The number of aromatic nitrogens is 2. The van der Waals surface area contributed by atoms with Crippen molar-refractivity contribution < 1.29 is 28.6 Å². The second kappa shape index (κ2) is 12.8. The molecular weight excluding hydrogens is 587 g/mol. The number of amides is 2. The molecule has 2 aliphatic carbocycles. The number of fused-ring (bicyclic) bond motifs is 1. The standard InChI is InChI=1S/C36H37FN4O5/c1-3-46-30-21-25(14-12-23(30)19-27(37)34(43)44)39-35(45)36(16-8-17-36)40-33(42)24-13-15-26-29(20-24)41(2)32(28-11-6-7-18-38-28)31(26)22-9-4-5-10-22/h6-7,11-15,18-22H,3-5,8-10,16-17H2,1-2H3,(H,39,45)(H,40,42)(H,43,44)/b27-19-. The van der Waals surface area contributed by atoms with Gasteiger partial charge in [-0.3, -0.25) is 14.6 Å². The van der Waals surface area contributed by atoms with Crippen LogP contribution in [0.4, 0.5) is 10.1 Å². The van der Waals surface area contributed by atoms with E-state index < -0.39 is 17.3 Å². The Balaban J connectivity index is 1.26. The van der Waals surface area contributed by atoms with E-state index in [-0.39, 0.29) is 29.7 Å². The molecule has 2 heterocycles. The van der Waals surface area contributed by atoms with Crippen LogP contribution in [0.25, 0.3) is 28.4 Å². The molecule has 0 aliphatic heterocycles. The van der Waals surface area contributed by atoms with Crippen molar-refractivity contribution in [1.82, 2.24) is 14.9 Å². The molecule has 2 aromatic heterocycles. The Hall–Kier alpha value is -4.99. The number of nitrogens with one attached hydrogen (secondary N) is 2. The number of ether oxygens (including phenoxy) is 1. The summed E-state index contributed by atoms with van der Waals surface area (Å²) in [5, 5.41) is 15.9. The summed E-state index contributed by atoms with van der Waals surface area (Å²) in [6.45, 7) is 2.00. The lowest BCUT2D eigenvalue weighted by molar-refractivity contribution is -0.134. The predicted octanol–water partition coefficient (Wildman–Crippen LogP) is 6.98. The van der Waals surface area contributed by atoms with Crippen LogP contribution in [0.1, 0.15) is 79.3 Å². The third kappa shape index (κ3) is 5.87. The van der Waals surface area contributed by atoms with Crippen molar-refractivity contribution >= 4 is 40.4 Å². The molecule has 0 saturated heterocycles. The summed E-state index contributed by atoms with van der Waals surface area (Å²) in [5.41, 5.74) is 4.20. The molecule has 0 unspecified atom stereocenters. The van der Waals surface area contributed by atoms with E-state index in [4.69, 9.17) is 9.84 Å². The van der Waals surface area contributed by atoms with Crippen LogP contribution in [0.5, 0.6) is 5.75 Å². The highest BCUT2D eigenvalue weighted by Crippen LogP contribution is 2.44. The quantitative estimate of drug-likeness (QED) is 0.164. The molecule has 0 radical (unpaired) electrons. The van der Waals surface area contributed by atoms with E-state index in [0.29, 0.717) is 30.0 Å². The summed E-state index contributed by atoms with van der Waals surface area (Å²) in [4.78, 5) is 42.9. The van der Waals surface area contributed by atoms with Gasteiger partial charge in [0.2, 0.25) is 11.7 Å². The Morgan fingerprint density at radius 2 is 1.87 bits per heavy atom. The zero-order chi connectivity index (χ0) is 32.4. The molecule has 0 bridgehead atoms. The molecule has 2 amide bonds. The highest BCUT2D eigenvalue weighted by Gasteiger charge is 2.45. The van der Waals surface area contributed by atoms with Crippen molar-refractivity contribution in [3.63, 3.8) is 0 Å². The van der Waals surface area contributed by atoms with Crippen molar-refractivity contribution in [3.05, 3.63) is 83.3 Å². The first-order valence-electron chi connectivity index (χ1n) is 15.8. The largest absolute Gasteiger partial charge is 0.493 e. The first-order chi connectivity index (χ1) is 22.2. The number of nitrogens with zero attached hydrogens (tertiary/aromatic N) is 2. The minimum absolute atomic E-state index is 0.223. The summed E-state index contributed by atoms with van der Waals surface area (Å²) in [6.07, 6.45) is 9.07. The highest BCUT2D eigenvalue weighted by atomic mass is 19.1. The summed E-state index contributed by atoms with van der Waals surface area (Å²) in [6, 6.07) is 16.2. The van der Waals surface area contributed by atoms with E-state index in [1.165, 1.54) is 30.5 Å². The molecule has 2 fully saturated rings. The van der Waals surface area contributed by atoms with E-state index in [1.807, 2.05) is 43.4 Å². The van der Waals surface area contributed by atoms with Crippen LogP contribution in [0.2, 0.25) is 0 Å². The zero-order valence-electron chi connectivity index (χ0n) is 25.9. The third-order valence-electron chi connectivity index (χ3n) is 9.23. The van der Waals surface area contributed by atoms with Gasteiger partial charge in [0.15, 0.2) is 0 Å². The van der Waals surface area contributed by atoms with Gasteiger partial charge >= 0.3 is 5.97 Å². The fourth-order valence-corrected chi connectivity index (χ4v) is 6.74. The van der Waals surface area contributed by atoms with E-state index in [2.05, 4.69) is 20.2 Å². The number of aliphatic carboxylic acids is 1. The van der Waals surface area contributed by atoms with Crippen molar-refractivity contribution in [1.29, 1.82) is 0 Å². The molecule has 6 rings (SSSR count). The normalized spacial score (nSPS) is 16.2. The van der Waals surface area contributed by atoms with E-state index in [1.54, 1.807) is 19.2 Å². The fraction of sp³-hybridized carbons (Fsp3) is 0.333. The second-order valence-electron chi connectivity index (χ2n) is 12.1. The minimum atomic E-state index is -1.68. The molecule has 46 heavy (non-hydrogen) atoms. The maximum absolute atomic E-state index is 13.8. The molecule has 238 valence electrons. The van der Waals surface area contributed by atoms with Gasteiger partial charge in [0.05, 0.1) is 18.0 Å². The molecular formula is C36H37FN4O5. The summed E-state index contributed by atoms with van der Waals surface area (Å²) >= 11 is 0. The number of anilines is 1. The molecule has 2 aliphatic rings. The Bertz CT molecular complexity index is 1840. The van der Waals surface area contributed by atoms with Crippen LogP contribution in [0, 0.1) is 0 Å². The fourth-order valence-electron chi connectivity index (χ4n) is 6.74. The molecule has 10 heteroatoms. The summed E-state index contributed by atoms with van der Waals surface area (Å²) in [5.74, 6) is -3.05. The van der Waals surface area contributed by atoms with Crippen LogP contribution < -0.4 is 15.4 Å². The van der Waals surface area contributed by atoms with E-state index >= 15 is 0 Å². The second-order valence-corrected chi connectivity index (χ2v) is 12.1. The van der Waals surface area contributed by atoms with E-state index in [9.17, 15) is 18.8 Å². The van der Waals surface area contributed by atoms with Gasteiger partial charge in [-0.25, -0.2) is 4.79 Å². The topological polar surface area (TPSA) is 123 Å². The first kappa shape index (κ1) is 31.0. The van der Waals surface area contributed by atoms with Gasteiger partial charge in [-0.1, -0.05) is 25.0 Å². The van der Waals surface area contributed by atoms with Gasteiger partial charge in [-0.05, 0) is 93.0 Å². The monoisotopic (exact) mass is 624 g/mol. The number of carboxylic acids is 1. The number of rotatable bonds is 10. The van der Waals surface area contributed by atoms with Gasteiger partial charge in [0.1, 0.15) is 11.3 Å².